The summed E-state index contributed by atoms with van der Waals surface area (Å²) in [6.45, 7) is 3.38. The number of hydrogen-bond donors (Lipinski definition) is 0. The fraction of sp³-hybridized carbons (Fsp3) is 0.438. The van der Waals surface area contributed by atoms with Crippen molar-refractivity contribution in [1.29, 1.82) is 0 Å². The molecule has 0 bridgehead atoms. The first-order chi connectivity index (χ1) is 9.29. The highest BCUT2D eigenvalue weighted by Gasteiger charge is 2.05. The van der Waals surface area contributed by atoms with Crippen LogP contribution in [-0.4, -0.2) is 4.57 Å². The summed E-state index contributed by atoms with van der Waals surface area (Å²) in [7, 11) is 0. The molecule has 0 aliphatic heterocycles. The Balaban J connectivity index is 0.00000200. The highest BCUT2D eigenvalue weighted by Crippen LogP contribution is 2.13. The maximum atomic E-state index is 3.46. The van der Waals surface area contributed by atoms with E-state index in [1.165, 1.54) is 37.8 Å². The van der Waals surface area contributed by atoms with Crippen molar-refractivity contribution in [2.45, 2.75) is 45.6 Å². The smallest absolute Gasteiger partial charge is 0.248 e. The highest BCUT2D eigenvalue weighted by atomic mass is 79.9. The lowest BCUT2D eigenvalue weighted by atomic mass is 10.1. The number of aromatic nitrogens is 2. The van der Waals surface area contributed by atoms with Gasteiger partial charge in [0.2, 0.25) is 6.33 Å². The van der Waals surface area contributed by atoms with E-state index in [1.807, 2.05) is 0 Å². The minimum atomic E-state index is 0. The molecule has 0 N–H and O–H groups in total. The van der Waals surface area contributed by atoms with E-state index in [9.17, 15) is 0 Å². The topological polar surface area (TPSA) is 8.81 Å². The number of rotatable bonds is 7. The van der Waals surface area contributed by atoms with Crippen molar-refractivity contribution in [2.24, 2.45) is 0 Å². The van der Waals surface area contributed by atoms with Crippen LogP contribution in [0.1, 0.15) is 39.0 Å². The van der Waals surface area contributed by atoms with E-state index >= 15 is 0 Å². The number of aryl methyl sites for hydroxylation is 1. The Bertz CT molecular complexity index is 491. The second kappa shape index (κ2) is 9.35. The first-order valence-corrected chi connectivity index (χ1v) is 7.92. The predicted molar refractivity (Wildman–Crippen MR) is 82.4 cm³/mol. The number of halogens is 2. The van der Waals surface area contributed by atoms with Gasteiger partial charge in [-0.1, -0.05) is 42.1 Å². The van der Waals surface area contributed by atoms with Crippen LogP contribution < -0.4 is 21.5 Å². The van der Waals surface area contributed by atoms with Gasteiger partial charge in [0, 0.05) is 4.47 Å². The number of nitrogens with zero attached hydrogens (tertiary/aromatic N) is 2. The molecule has 0 radical (unpaired) electrons. The fourth-order valence-electron chi connectivity index (χ4n) is 2.19. The van der Waals surface area contributed by atoms with Crippen LogP contribution in [0.2, 0.25) is 0 Å². The van der Waals surface area contributed by atoms with E-state index in [0.29, 0.717) is 0 Å². The van der Waals surface area contributed by atoms with E-state index in [0.717, 1.165) is 11.0 Å². The molecule has 2 aromatic rings. The Morgan fingerprint density at radius 2 is 1.75 bits per heavy atom. The zero-order chi connectivity index (χ0) is 13.5. The van der Waals surface area contributed by atoms with Crippen molar-refractivity contribution in [3.63, 3.8) is 0 Å². The summed E-state index contributed by atoms with van der Waals surface area (Å²) in [5, 5.41) is 0. The van der Waals surface area contributed by atoms with Crippen LogP contribution in [0.15, 0.2) is 47.5 Å². The molecule has 110 valence electrons. The average molecular weight is 402 g/mol. The van der Waals surface area contributed by atoms with Gasteiger partial charge in [0.05, 0.1) is 6.54 Å². The lowest BCUT2D eigenvalue weighted by molar-refractivity contribution is -0.696. The molecule has 1 aromatic heterocycles. The van der Waals surface area contributed by atoms with Crippen molar-refractivity contribution in [2.75, 3.05) is 0 Å². The molecule has 0 saturated heterocycles. The molecule has 0 aliphatic carbocycles. The van der Waals surface area contributed by atoms with Crippen molar-refractivity contribution in [3.05, 3.63) is 47.5 Å². The Labute approximate surface area is 140 Å². The standard InChI is InChI=1S/C16H22BrN2.BrH/c1-2-3-4-5-6-11-18-12-13-19(14-18)16-9-7-15(17)8-10-16;/h7-10,12-14H,2-6,11H2,1H3;1H/q+1;/p-1. The second-order valence-electron chi connectivity index (χ2n) is 4.95. The molecule has 20 heavy (non-hydrogen) atoms. The van der Waals surface area contributed by atoms with Crippen LogP contribution >= 0.6 is 15.9 Å². The molecular formula is C16H22Br2N2. The van der Waals surface area contributed by atoms with Crippen LogP contribution in [0.5, 0.6) is 0 Å². The quantitative estimate of drug-likeness (QED) is 0.491. The fourth-order valence-corrected chi connectivity index (χ4v) is 2.45. The number of imidazole rings is 1. The minimum absolute atomic E-state index is 0. The van der Waals surface area contributed by atoms with E-state index in [1.54, 1.807) is 0 Å². The first-order valence-electron chi connectivity index (χ1n) is 7.12. The van der Waals surface area contributed by atoms with Crippen LogP contribution in [0.4, 0.5) is 0 Å². The molecule has 1 aromatic carbocycles. The summed E-state index contributed by atoms with van der Waals surface area (Å²) in [4.78, 5) is 0. The predicted octanol–water partition coefficient (Wildman–Crippen LogP) is 1.50. The van der Waals surface area contributed by atoms with Gasteiger partial charge in [-0.25, -0.2) is 9.13 Å². The van der Waals surface area contributed by atoms with E-state index < -0.39 is 0 Å². The summed E-state index contributed by atoms with van der Waals surface area (Å²) in [5.41, 5.74) is 1.20. The van der Waals surface area contributed by atoms with Gasteiger partial charge in [-0.05, 0) is 37.1 Å². The van der Waals surface area contributed by atoms with Crippen LogP contribution in [0.25, 0.3) is 5.69 Å². The van der Waals surface area contributed by atoms with Gasteiger partial charge in [-0.3, -0.25) is 0 Å². The third-order valence-electron chi connectivity index (χ3n) is 3.34. The minimum Gasteiger partial charge on any atom is -1.00 e. The zero-order valence-corrected chi connectivity index (χ0v) is 15.1. The first kappa shape index (κ1) is 17.4. The Hall–Kier alpha value is -0.610. The molecule has 0 saturated carbocycles. The van der Waals surface area contributed by atoms with Crippen molar-refractivity contribution in [3.8, 4) is 5.69 Å². The molecular weight excluding hydrogens is 380 g/mol. The number of hydrogen-bond acceptors (Lipinski definition) is 0. The normalized spacial score (nSPS) is 10.3. The summed E-state index contributed by atoms with van der Waals surface area (Å²) < 4.78 is 5.55. The van der Waals surface area contributed by atoms with E-state index in [-0.39, 0.29) is 17.0 Å². The maximum Gasteiger partial charge on any atom is 0.248 e. The van der Waals surface area contributed by atoms with Gasteiger partial charge in [0.25, 0.3) is 0 Å². The molecule has 0 spiro atoms. The molecule has 4 heteroatoms. The molecule has 0 unspecified atom stereocenters. The van der Waals surface area contributed by atoms with Gasteiger partial charge in [-0.15, -0.1) is 0 Å². The molecule has 2 rings (SSSR count). The number of benzene rings is 1. The maximum absolute atomic E-state index is 3.46. The Morgan fingerprint density at radius 1 is 1.05 bits per heavy atom. The van der Waals surface area contributed by atoms with Crippen LogP contribution in [-0.2, 0) is 6.54 Å². The lowest BCUT2D eigenvalue weighted by Gasteiger charge is -1.98. The molecule has 0 fully saturated rings. The van der Waals surface area contributed by atoms with Gasteiger partial charge >= 0.3 is 0 Å². The van der Waals surface area contributed by atoms with E-state index in [2.05, 4.69) is 75.0 Å². The number of unbranched alkanes of at least 4 members (excludes halogenated alkanes) is 4. The van der Waals surface area contributed by atoms with Gasteiger partial charge in [-0.2, -0.15) is 0 Å². The SMILES string of the molecule is CCCCCCC[n+]1ccn(-c2ccc(Br)cc2)c1.[Br-]. The molecule has 1 heterocycles. The zero-order valence-electron chi connectivity index (χ0n) is 11.9. The third-order valence-corrected chi connectivity index (χ3v) is 3.86. The van der Waals surface area contributed by atoms with Crippen molar-refractivity contribution in [1.82, 2.24) is 4.57 Å². The third kappa shape index (κ3) is 5.41. The summed E-state index contributed by atoms with van der Waals surface area (Å²) in [6.07, 6.45) is 13.1. The molecule has 0 atom stereocenters. The highest BCUT2D eigenvalue weighted by molar-refractivity contribution is 9.10. The molecule has 0 amide bonds. The van der Waals surface area contributed by atoms with Crippen molar-refractivity contribution >= 4 is 15.9 Å². The Morgan fingerprint density at radius 3 is 2.45 bits per heavy atom. The molecule has 2 nitrogen and oxygen atoms in total. The van der Waals surface area contributed by atoms with Crippen molar-refractivity contribution < 1.29 is 21.5 Å². The molecule has 0 aliphatic rings. The van der Waals surface area contributed by atoms with Crippen LogP contribution in [0.3, 0.4) is 0 Å². The summed E-state index contributed by atoms with van der Waals surface area (Å²) in [5.74, 6) is 0. The monoisotopic (exact) mass is 400 g/mol. The van der Waals surface area contributed by atoms with Gasteiger partial charge in [0.15, 0.2) is 0 Å². The average Bonchev–Trinajstić information content (AvgIpc) is 2.88. The van der Waals surface area contributed by atoms with E-state index in [4.69, 9.17) is 0 Å². The van der Waals surface area contributed by atoms with Gasteiger partial charge < -0.3 is 17.0 Å². The lowest BCUT2D eigenvalue weighted by Crippen LogP contribution is -3.00. The van der Waals surface area contributed by atoms with Gasteiger partial charge in [0.1, 0.15) is 18.1 Å². The summed E-state index contributed by atoms with van der Waals surface area (Å²) in [6, 6.07) is 8.39. The largest absolute Gasteiger partial charge is 1.00 e. The second-order valence-corrected chi connectivity index (χ2v) is 5.87. The Kier molecular flexibility index (Phi) is 8.15. The summed E-state index contributed by atoms with van der Waals surface area (Å²) >= 11 is 3.46. The van der Waals surface area contributed by atoms with Crippen LogP contribution in [0, 0.1) is 0 Å².